The molecule has 1 aliphatic rings. The van der Waals surface area contributed by atoms with E-state index in [1.165, 1.54) is 65.5 Å². The van der Waals surface area contributed by atoms with Gasteiger partial charge in [-0.05, 0) is 111 Å². The fourth-order valence-corrected chi connectivity index (χ4v) is 7.39. The smallest absolute Gasteiger partial charge is 0.341 e. The summed E-state index contributed by atoms with van der Waals surface area (Å²) in [6.07, 6.45) is 6.05. The second-order valence-electron chi connectivity index (χ2n) is 17.2. The number of aromatic amines is 2. The number of aryl methyl sites for hydroxylation is 2. The van der Waals surface area contributed by atoms with Gasteiger partial charge in [-0.15, -0.1) is 0 Å². The third-order valence-corrected chi connectivity index (χ3v) is 11.6. The number of hydrogen-bond acceptors (Lipinski definition) is 21. The van der Waals surface area contributed by atoms with Gasteiger partial charge in [-0.3, -0.25) is 19.2 Å². The zero-order valence-corrected chi connectivity index (χ0v) is 50.0. The summed E-state index contributed by atoms with van der Waals surface area (Å²) in [5.41, 5.74) is 11.3. The number of nitrogens with two attached hydrogens (primary N) is 1. The van der Waals surface area contributed by atoms with E-state index < -0.39 is 35.4 Å². The van der Waals surface area contributed by atoms with Gasteiger partial charge in [-0.2, -0.15) is 31.6 Å². The number of H-pyrrole nitrogens is 2. The number of methoxy groups -OCH3 is 3. The standard InChI is InChI=1S/C22H20N4O4.2C16H14N2O4.C6H8N2O.CH3I.CH4/c1-12-11-25-21(27)19-18(15-6-5-14(10-24)9-16(15)29-3)17(13(2)26-20(12)19)22(28)30-8-4-7-23;2*1-11(19)14(16(20)22-7-3-6-17)9-13-5-4-12(10-18)8-15(13)21-2;1-4-3-8-6(9)2-5(4)7;1-2;/h5-6,9,11,18,26H,4,8H2,1-3H3,(H,25,27);2*4-5,8-9H,3,7H2,1-2H3;2-3H,1H3,(H3,7,8,9);1H3;1H4/b;14-9+;14-9-;;;. The summed E-state index contributed by atoms with van der Waals surface area (Å²) in [7, 11) is 4.31. The maximum absolute atomic E-state index is 13.0. The molecule has 1 atom stereocenters. The molecule has 86 heavy (non-hydrogen) atoms. The Bertz CT molecular complexity index is 3640. The van der Waals surface area contributed by atoms with Crippen molar-refractivity contribution in [3.63, 3.8) is 0 Å². The number of benzene rings is 3. The van der Waals surface area contributed by atoms with Crippen LogP contribution in [0.1, 0.15) is 103 Å². The number of allylic oxidation sites excluding steroid dienone is 1. The average molecular weight is 1280 g/mol. The molecule has 0 fully saturated rings. The molecule has 24 heteroatoms. The number of esters is 3. The van der Waals surface area contributed by atoms with Crippen molar-refractivity contribution in [3.05, 3.63) is 166 Å². The van der Waals surface area contributed by atoms with E-state index in [0.717, 1.165) is 11.1 Å². The number of carbonyl (C=O) groups is 5. The van der Waals surface area contributed by atoms with Crippen LogP contribution >= 0.6 is 22.6 Å². The molecule has 0 aliphatic carbocycles. The number of hydrogen-bond donors (Lipinski definition) is 4. The monoisotopic (exact) mass is 1280 g/mol. The number of fused-ring (bicyclic) bond motifs is 1. The molecule has 3 heterocycles. The predicted octanol–water partition coefficient (Wildman–Crippen LogP) is 8.80. The summed E-state index contributed by atoms with van der Waals surface area (Å²) in [5, 5.41) is 55.6. The number of aromatic nitrogens is 2. The molecule has 1 unspecified atom stereocenters. The molecule has 5 aromatic rings. The molecule has 446 valence electrons. The number of rotatable bonds is 17. The summed E-state index contributed by atoms with van der Waals surface area (Å²) in [6, 6.07) is 27.1. The minimum Gasteiger partial charge on any atom is -0.496 e. The van der Waals surface area contributed by atoms with Crippen LogP contribution in [0.5, 0.6) is 17.2 Å². The van der Waals surface area contributed by atoms with Crippen LogP contribution in [0.3, 0.4) is 0 Å². The van der Waals surface area contributed by atoms with E-state index in [9.17, 15) is 38.8 Å². The van der Waals surface area contributed by atoms with Crippen molar-refractivity contribution in [2.24, 2.45) is 0 Å². The van der Waals surface area contributed by atoms with E-state index in [2.05, 4.69) is 43.9 Å². The van der Waals surface area contributed by atoms with Gasteiger partial charge in [0, 0.05) is 46.5 Å². The van der Waals surface area contributed by atoms with Crippen molar-refractivity contribution in [1.82, 2.24) is 9.97 Å². The normalized spacial score (nSPS) is 11.5. The van der Waals surface area contributed by atoms with E-state index >= 15 is 0 Å². The van der Waals surface area contributed by atoms with Crippen LogP contribution in [0.4, 0.5) is 11.4 Å². The van der Waals surface area contributed by atoms with Crippen molar-refractivity contribution >= 4 is 75.6 Å². The number of anilines is 2. The lowest BCUT2D eigenvalue weighted by Gasteiger charge is -2.31. The molecule has 0 spiro atoms. The Labute approximate surface area is 511 Å². The fraction of sp³-hybridized carbons (Fsp3) is 0.274. The van der Waals surface area contributed by atoms with Crippen LogP contribution in [-0.2, 0) is 38.2 Å². The lowest BCUT2D eigenvalue weighted by molar-refractivity contribution is -0.141. The second-order valence-corrected chi connectivity index (χ2v) is 17.2. The highest BCUT2D eigenvalue weighted by Gasteiger charge is 2.37. The maximum Gasteiger partial charge on any atom is 0.341 e. The molecule has 6 rings (SSSR count). The first-order valence-electron chi connectivity index (χ1n) is 25.0. The van der Waals surface area contributed by atoms with E-state index in [1.54, 1.807) is 61.8 Å². The number of nitriles is 6. The van der Waals surface area contributed by atoms with Gasteiger partial charge < -0.3 is 49.4 Å². The summed E-state index contributed by atoms with van der Waals surface area (Å²) < 4.78 is 30.8. The minimum absolute atomic E-state index is 0. The van der Waals surface area contributed by atoms with Crippen molar-refractivity contribution in [3.8, 4) is 53.7 Å². The number of halogens is 1. The third-order valence-electron chi connectivity index (χ3n) is 11.6. The number of ether oxygens (including phenoxy) is 6. The Morgan fingerprint density at radius 3 is 1.42 bits per heavy atom. The first-order chi connectivity index (χ1) is 40.7. The zero-order chi connectivity index (χ0) is 63.8. The Kier molecular flexibility index (Phi) is 32.4. The topological polar surface area (TPSA) is 387 Å². The lowest BCUT2D eigenvalue weighted by Crippen LogP contribution is -2.30. The number of carbonyl (C=O) groups excluding carboxylic acids is 5. The van der Waals surface area contributed by atoms with Crippen molar-refractivity contribution < 1.29 is 52.4 Å². The molecule has 0 amide bonds. The highest BCUT2D eigenvalue weighted by atomic mass is 127. The first-order valence-corrected chi connectivity index (χ1v) is 27.2. The van der Waals surface area contributed by atoms with Crippen LogP contribution in [0, 0.1) is 81.8 Å². The van der Waals surface area contributed by atoms with Gasteiger partial charge in [0.25, 0.3) is 5.56 Å². The number of nitrogen functional groups attached to an aromatic ring is 1. The Balaban J connectivity index is 0.000000597. The van der Waals surface area contributed by atoms with Crippen LogP contribution in [-0.4, -0.2) is 85.5 Å². The van der Waals surface area contributed by atoms with Gasteiger partial charge in [0.1, 0.15) is 48.2 Å². The number of ketones is 2. The number of nitrogens with one attached hydrogen (secondary N) is 3. The van der Waals surface area contributed by atoms with E-state index in [-0.39, 0.29) is 74.3 Å². The van der Waals surface area contributed by atoms with Gasteiger partial charge in [0.2, 0.25) is 5.56 Å². The molecule has 3 aromatic carbocycles. The van der Waals surface area contributed by atoms with Crippen molar-refractivity contribution in [1.29, 1.82) is 31.6 Å². The molecule has 5 N–H and O–H groups in total. The Morgan fingerprint density at radius 2 is 1.02 bits per heavy atom. The van der Waals surface area contributed by atoms with Crippen molar-refractivity contribution in [2.45, 2.75) is 67.2 Å². The number of Topliss-reactive ketones (excluding diaryl/α,β-unsaturated/α-hetero) is 2. The van der Waals surface area contributed by atoms with Crippen molar-refractivity contribution in [2.75, 3.05) is 57.1 Å². The molecule has 2 aromatic heterocycles. The molecule has 0 saturated carbocycles. The van der Waals surface area contributed by atoms with Gasteiger partial charge in [-0.25, -0.2) is 14.4 Å². The summed E-state index contributed by atoms with van der Waals surface area (Å²) in [6.45, 7) is 7.69. The second kappa shape index (κ2) is 38.1. The highest BCUT2D eigenvalue weighted by molar-refractivity contribution is 14.1. The van der Waals surface area contributed by atoms with Gasteiger partial charge >= 0.3 is 17.9 Å². The quantitative estimate of drug-likeness (QED) is 0.00986. The summed E-state index contributed by atoms with van der Waals surface area (Å²) >= 11 is 2.15. The van der Waals surface area contributed by atoms with Crippen LogP contribution in [0.15, 0.2) is 105 Å². The number of alkyl halides is 1. The largest absolute Gasteiger partial charge is 0.496 e. The van der Waals surface area contributed by atoms with Gasteiger partial charge in [0.05, 0.1) is 116 Å². The fourth-order valence-electron chi connectivity index (χ4n) is 7.39. The number of pyridine rings is 2. The van der Waals surface area contributed by atoms with E-state index in [4.69, 9.17) is 60.5 Å². The Morgan fingerprint density at radius 1 is 0.605 bits per heavy atom. The number of nitrogens with zero attached hydrogens (tertiary/aromatic N) is 6. The SMILES string of the molecule is C.CI.COc1cc(C#N)ccc1/C=C(/C(C)=O)C(=O)OCCC#N.COc1cc(C#N)ccc1/C=C(\C(C)=O)C(=O)OCCC#N.COc1cc(C#N)ccc1C1C(C(=O)OCCC#N)=C(C)Nc2c(C)c[nH]c(=O)c21.Cc1c[nH]c(=O)cc1N. The molecular formula is C62H63IN10O13. The first kappa shape index (κ1) is 73.2. The van der Waals surface area contributed by atoms with Crippen LogP contribution in [0.2, 0.25) is 0 Å². The lowest BCUT2D eigenvalue weighted by atomic mass is 9.80. The minimum atomic E-state index is -0.797. The van der Waals surface area contributed by atoms with Gasteiger partial charge in [-0.1, -0.05) is 36.1 Å². The molecule has 1 aliphatic heterocycles. The molecule has 23 nitrogen and oxygen atoms in total. The molecular weight excluding hydrogens is 1220 g/mol. The molecule has 0 radical (unpaired) electrons. The molecule has 0 saturated heterocycles. The average Bonchev–Trinajstić information content (AvgIpc) is 1.16. The maximum atomic E-state index is 13.0. The highest BCUT2D eigenvalue weighted by Crippen LogP contribution is 2.44. The van der Waals surface area contributed by atoms with Crippen LogP contribution < -0.4 is 36.4 Å². The predicted molar refractivity (Wildman–Crippen MR) is 327 cm³/mol. The molecule has 0 bridgehead atoms. The third kappa shape index (κ3) is 21.5. The van der Waals surface area contributed by atoms with Gasteiger partial charge in [0.15, 0.2) is 11.6 Å². The Hall–Kier alpha value is -10.8. The zero-order valence-electron chi connectivity index (χ0n) is 47.8. The summed E-state index contributed by atoms with van der Waals surface area (Å²) in [5.74, 6) is -2.82. The van der Waals surface area contributed by atoms with Crippen LogP contribution in [0.25, 0.3) is 12.2 Å². The van der Waals surface area contributed by atoms with E-state index in [1.807, 2.05) is 49.1 Å². The van der Waals surface area contributed by atoms with E-state index in [0.29, 0.717) is 73.3 Å². The summed E-state index contributed by atoms with van der Waals surface area (Å²) in [4.78, 5) is 90.5.